The summed E-state index contributed by atoms with van der Waals surface area (Å²) in [5.74, 6) is -0.251. The van der Waals surface area contributed by atoms with E-state index < -0.39 is 10.0 Å². The van der Waals surface area contributed by atoms with Crippen molar-refractivity contribution in [3.8, 4) is 0 Å². The van der Waals surface area contributed by atoms with Crippen LogP contribution in [0.3, 0.4) is 0 Å². The number of hydrogen-bond acceptors (Lipinski definition) is 5. The van der Waals surface area contributed by atoms with E-state index in [1.807, 2.05) is 12.1 Å². The molecule has 3 rings (SSSR count). The molecular weight excluding hydrogens is 390 g/mol. The number of anilines is 1. The smallest absolute Gasteiger partial charge is 0.251 e. The largest absolute Gasteiger partial charge is 0.379 e. The summed E-state index contributed by atoms with van der Waals surface area (Å²) in [6, 6.07) is 13.2. The van der Waals surface area contributed by atoms with Crippen LogP contribution in [-0.2, 0) is 27.8 Å². The van der Waals surface area contributed by atoms with Gasteiger partial charge in [0.05, 0.1) is 25.2 Å². The highest BCUT2D eigenvalue weighted by Gasteiger charge is 2.12. The first kappa shape index (κ1) is 21.3. The van der Waals surface area contributed by atoms with Gasteiger partial charge in [0.15, 0.2) is 0 Å². The number of nitrogens with zero attached hydrogens (tertiary/aromatic N) is 1. The number of amides is 1. The molecule has 7 nitrogen and oxygen atoms in total. The zero-order valence-electron chi connectivity index (χ0n) is 16.8. The van der Waals surface area contributed by atoms with Gasteiger partial charge in [0.2, 0.25) is 10.0 Å². The van der Waals surface area contributed by atoms with Crippen molar-refractivity contribution in [3.05, 3.63) is 64.7 Å². The molecule has 1 aliphatic heterocycles. The van der Waals surface area contributed by atoms with Crippen LogP contribution in [-0.4, -0.2) is 51.8 Å². The zero-order chi connectivity index (χ0) is 20.9. The van der Waals surface area contributed by atoms with E-state index >= 15 is 0 Å². The van der Waals surface area contributed by atoms with Crippen LogP contribution in [0.25, 0.3) is 0 Å². The number of benzene rings is 2. The molecule has 2 aromatic rings. The molecule has 0 spiro atoms. The van der Waals surface area contributed by atoms with Crippen LogP contribution in [0.1, 0.15) is 27.0 Å². The lowest BCUT2D eigenvalue weighted by Gasteiger charge is -2.26. The maximum Gasteiger partial charge on any atom is 0.251 e. The molecule has 0 bridgehead atoms. The lowest BCUT2D eigenvalue weighted by molar-refractivity contribution is 0.0342. The summed E-state index contributed by atoms with van der Waals surface area (Å²) < 4.78 is 30.8. The monoisotopic (exact) mass is 417 g/mol. The average Bonchev–Trinajstić information content (AvgIpc) is 2.69. The Bertz CT molecular complexity index is 952. The SMILES string of the molecule is Cc1ccc(C(=O)NCc2ccc(CN3CCOCC3)cc2)cc1NS(C)(=O)=O. The lowest BCUT2D eigenvalue weighted by atomic mass is 10.1. The number of carbonyl (C=O) groups is 1. The Labute approximate surface area is 172 Å². The number of hydrogen-bond donors (Lipinski definition) is 2. The summed E-state index contributed by atoms with van der Waals surface area (Å²) >= 11 is 0. The molecule has 1 heterocycles. The zero-order valence-corrected chi connectivity index (χ0v) is 17.6. The van der Waals surface area contributed by atoms with Crippen molar-refractivity contribution in [1.82, 2.24) is 10.2 Å². The highest BCUT2D eigenvalue weighted by atomic mass is 32.2. The standard InChI is InChI=1S/C21H27N3O4S/c1-16-3-8-19(13-20(16)23-29(2,26)27)21(25)22-14-17-4-6-18(7-5-17)15-24-9-11-28-12-10-24/h3-8,13,23H,9-12,14-15H2,1-2H3,(H,22,25). The molecule has 0 unspecified atom stereocenters. The van der Waals surface area contributed by atoms with Gasteiger partial charge in [-0.25, -0.2) is 8.42 Å². The van der Waals surface area contributed by atoms with Crippen LogP contribution in [0.5, 0.6) is 0 Å². The van der Waals surface area contributed by atoms with Gasteiger partial charge in [0, 0.05) is 31.7 Å². The molecule has 2 N–H and O–H groups in total. The van der Waals surface area contributed by atoms with Gasteiger partial charge in [-0.1, -0.05) is 30.3 Å². The Morgan fingerprint density at radius 3 is 2.38 bits per heavy atom. The van der Waals surface area contributed by atoms with Crippen LogP contribution in [0.2, 0.25) is 0 Å². The predicted octanol–water partition coefficient (Wildman–Crippen LogP) is 2.13. The highest BCUT2D eigenvalue weighted by molar-refractivity contribution is 7.92. The summed E-state index contributed by atoms with van der Waals surface area (Å²) in [6.45, 7) is 6.55. The highest BCUT2D eigenvalue weighted by Crippen LogP contribution is 2.18. The van der Waals surface area contributed by atoms with E-state index in [9.17, 15) is 13.2 Å². The second-order valence-corrected chi connectivity index (χ2v) is 9.04. The molecule has 0 atom stereocenters. The minimum atomic E-state index is -3.40. The van der Waals surface area contributed by atoms with E-state index in [2.05, 4.69) is 27.1 Å². The van der Waals surface area contributed by atoms with E-state index in [1.165, 1.54) is 5.56 Å². The van der Waals surface area contributed by atoms with Gasteiger partial charge in [-0.2, -0.15) is 0 Å². The summed E-state index contributed by atoms with van der Waals surface area (Å²) in [5, 5.41) is 2.88. The van der Waals surface area contributed by atoms with Crippen molar-refractivity contribution < 1.29 is 17.9 Å². The molecular formula is C21H27N3O4S. The van der Waals surface area contributed by atoms with E-state index in [4.69, 9.17) is 4.74 Å². The Balaban J connectivity index is 1.57. The number of rotatable bonds is 7. The van der Waals surface area contributed by atoms with Crippen molar-refractivity contribution >= 4 is 21.6 Å². The molecule has 0 saturated carbocycles. The lowest BCUT2D eigenvalue weighted by Crippen LogP contribution is -2.35. The Kier molecular flexibility index (Phi) is 6.89. The second kappa shape index (κ2) is 9.39. The van der Waals surface area contributed by atoms with Crippen LogP contribution in [0, 0.1) is 6.92 Å². The molecule has 156 valence electrons. The number of aryl methyl sites for hydroxylation is 1. The molecule has 0 aliphatic carbocycles. The van der Waals surface area contributed by atoms with Gasteiger partial charge < -0.3 is 10.1 Å². The Hall–Kier alpha value is -2.42. The van der Waals surface area contributed by atoms with Gasteiger partial charge in [-0.15, -0.1) is 0 Å². The molecule has 0 radical (unpaired) electrons. The quantitative estimate of drug-likeness (QED) is 0.721. The van der Waals surface area contributed by atoms with Gasteiger partial charge in [0.1, 0.15) is 0 Å². The summed E-state index contributed by atoms with van der Waals surface area (Å²) in [4.78, 5) is 14.8. The maximum absolute atomic E-state index is 12.5. The molecule has 1 aliphatic rings. The average molecular weight is 418 g/mol. The van der Waals surface area contributed by atoms with Crippen LogP contribution in [0.15, 0.2) is 42.5 Å². The van der Waals surface area contributed by atoms with Gasteiger partial charge >= 0.3 is 0 Å². The molecule has 29 heavy (non-hydrogen) atoms. The van der Waals surface area contributed by atoms with E-state index in [0.29, 0.717) is 17.8 Å². The Morgan fingerprint density at radius 1 is 1.07 bits per heavy atom. The van der Waals surface area contributed by atoms with Crippen molar-refractivity contribution in [3.63, 3.8) is 0 Å². The summed E-state index contributed by atoms with van der Waals surface area (Å²) in [7, 11) is -3.40. The normalized spacial score (nSPS) is 15.1. The number of sulfonamides is 1. The van der Waals surface area contributed by atoms with Gasteiger partial charge in [0.25, 0.3) is 5.91 Å². The van der Waals surface area contributed by atoms with Crippen molar-refractivity contribution in [1.29, 1.82) is 0 Å². The fourth-order valence-electron chi connectivity index (χ4n) is 3.14. The topological polar surface area (TPSA) is 87.7 Å². The minimum Gasteiger partial charge on any atom is -0.379 e. The number of nitrogens with one attached hydrogen (secondary N) is 2. The Morgan fingerprint density at radius 2 is 1.72 bits per heavy atom. The van der Waals surface area contributed by atoms with E-state index in [0.717, 1.165) is 50.2 Å². The first-order chi connectivity index (χ1) is 13.8. The number of morpholine rings is 1. The van der Waals surface area contributed by atoms with E-state index in [1.54, 1.807) is 25.1 Å². The third kappa shape index (κ3) is 6.56. The summed E-state index contributed by atoms with van der Waals surface area (Å²) in [5.41, 5.74) is 3.81. The first-order valence-corrected chi connectivity index (χ1v) is 11.4. The molecule has 1 saturated heterocycles. The predicted molar refractivity (Wildman–Crippen MR) is 113 cm³/mol. The molecule has 2 aromatic carbocycles. The van der Waals surface area contributed by atoms with Crippen LogP contribution < -0.4 is 10.0 Å². The van der Waals surface area contributed by atoms with Crippen LogP contribution in [0.4, 0.5) is 5.69 Å². The van der Waals surface area contributed by atoms with Gasteiger partial charge in [-0.05, 0) is 35.7 Å². The van der Waals surface area contributed by atoms with Crippen molar-refractivity contribution in [2.45, 2.75) is 20.0 Å². The molecule has 0 aromatic heterocycles. The van der Waals surface area contributed by atoms with Gasteiger partial charge in [-0.3, -0.25) is 14.4 Å². The fraction of sp³-hybridized carbons (Fsp3) is 0.381. The first-order valence-electron chi connectivity index (χ1n) is 9.55. The summed E-state index contributed by atoms with van der Waals surface area (Å²) in [6.07, 6.45) is 1.09. The fourth-order valence-corrected chi connectivity index (χ4v) is 3.76. The number of carbonyl (C=O) groups excluding carboxylic acids is 1. The van der Waals surface area contributed by atoms with Crippen molar-refractivity contribution in [2.24, 2.45) is 0 Å². The van der Waals surface area contributed by atoms with Crippen LogP contribution >= 0.6 is 0 Å². The van der Waals surface area contributed by atoms with Crippen molar-refractivity contribution in [2.75, 3.05) is 37.3 Å². The van der Waals surface area contributed by atoms with E-state index in [-0.39, 0.29) is 5.91 Å². The molecule has 1 fully saturated rings. The minimum absolute atomic E-state index is 0.251. The molecule has 1 amide bonds. The number of ether oxygens (including phenoxy) is 1. The molecule has 8 heteroatoms. The maximum atomic E-state index is 12.5. The third-order valence-electron chi connectivity index (χ3n) is 4.78. The third-order valence-corrected chi connectivity index (χ3v) is 5.37. The second-order valence-electron chi connectivity index (χ2n) is 7.29.